The van der Waals surface area contributed by atoms with Gasteiger partial charge in [-0.1, -0.05) is 0 Å². The number of hydrogen-bond donors (Lipinski definition) is 1. The molecular formula is C10H8N2O3. The van der Waals surface area contributed by atoms with Gasteiger partial charge in [0.05, 0.1) is 6.20 Å². The third-order valence-electron chi connectivity index (χ3n) is 1.68. The van der Waals surface area contributed by atoms with E-state index in [0.29, 0.717) is 11.5 Å². The SMILES string of the molecule is OOc1ncccc1Oc1cccnc1. The van der Waals surface area contributed by atoms with Crippen molar-refractivity contribution in [3.63, 3.8) is 0 Å². The van der Waals surface area contributed by atoms with Crippen molar-refractivity contribution in [3.8, 4) is 17.4 Å². The van der Waals surface area contributed by atoms with Gasteiger partial charge in [-0.2, -0.15) is 0 Å². The lowest BCUT2D eigenvalue weighted by Crippen LogP contribution is -1.92. The number of pyridine rings is 2. The van der Waals surface area contributed by atoms with E-state index >= 15 is 0 Å². The van der Waals surface area contributed by atoms with Crippen molar-refractivity contribution in [1.29, 1.82) is 0 Å². The van der Waals surface area contributed by atoms with Crippen LogP contribution in [0, 0.1) is 0 Å². The average Bonchev–Trinajstić information content (AvgIpc) is 2.31. The largest absolute Gasteiger partial charge is 0.450 e. The predicted molar refractivity (Wildman–Crippen MR) is 51.8 cm³/mol. The van der Waals surface area contributed by atoms with Crippen LogP contribution in [0.2, 0.25) is 0 Å². The molecule has 76 valence electrons. The maximum Gasteiger partial charge on any atom is 0.298 e. The summed E-state index contributed by atoms with van der Waals surface area (Å²) in [5.41, 5.74) is 0. The van der Waals surface area contributed by atoms with E-state index in [1.807, 2.05) is 0 Å². The van der Waals surface area contributed by atoms with Crippen molar-refractivity contribution in [2.75, 3.05) is 0 Å². The van der Waals surface area contributed by atoms with Crippen molar-refractivity contribution in [2.45, 2.75) is 0 Å². The van der Waals surface area contributed by atoms with E-state index in [2.05, 4.69) is 14.9 Å². The minimum atomic E-state index is 0.0151. The van der Waals surface area contributed by atoms with Crippen LogP contribution in [0.25, 0.3) is 0 Å². The van der Waals surface area contributed by atoms with Gasteiger partial charge < -0.3 is 9.62 Å². The van der Waals surface area contributed by atoms with Gasteiger partial charge in [-0.05, 0) is 24.3 Å². The zero-order chi connectivity index (χ0) is 10.5. The Hall–Kier alpha value is -2.14. The Morgan fingerprint density at radius 1 is 1.13 bits per heavy atom. The van der Waals surface area contributed by atoms with E-state index in [1.165, 1.54) is 6.20 Å². The van der Waals surface area contributed by atoms with E-state index in [9.17, 15) is 0 Å². The Balaban J connectivity index is 2.24. The van der Waals surface area contributed by atoms with E-state index in [1.54, 1.807) is 36.7 Å². The first-order chi connectivity index (χ1) is 7.40. The molecule has 15 heavy (non-hydrogen) atoms. The molecule has 0 atom stereocenters. The molecule has 0 spiro atoms. The van der Waals surface area contributed by atoms with Crippen LogP contribution in [0.15, 0.2) is 42.9 Å². The lowest BCUT2D eigenvalue weighted by atomic mass is 10.4. The van der Waals surface area contributed by atoms with Gasteiger partial charge in [0.1, 0.15) is 5.75 Å². The van der Waals surface area contributed by atoms with E-state index in [4.69, 9.17) is 9.99 Å². The first kappa shape index (κ1) is 9.42. The fourth-order valence-corrected chi connectivity index (χ4v) is 1.06. The Morgan fingerprint density at radius 3 is 2.73 bits per heavy atom. The molecule has 5 heteroatoms. The summed E-state index contributed by atoms with van der Waals surface area (Å²) in [4.78, 5) is 11.7. The number of hydrogen-bond acceptors (Lipinski definition) is 5. The van der Waals surface area contributed by atoms with Gasteiger partial charge in [-0.3, -0.25) is 4.98 Å². The summed E-state index contributed by atoms with van der Waals surface area (Å²) in [6.07, 6.45) is 4.68. The molecule has 2 aromatic heterocycles. The number of aromatic nitrogens is 2. The van der Waals surface area contributed by atoms with Gasteiger partial charge in [-0.15, -0.1) is 0 Å². The third-order valence-corrected chi connectivity index (χ3v) is 1.68. The first-order valence-corrected chi connectivity index (χ1v) is 4.24. The Labute approximate surface area is 85.9 Å². The molecule has 2 rings (SSSR count). The minimum Gasteiger partial charge on any atom is -0.450 e. The Bertz CT molecular complexity index is 434. The molecular weight excluding hydrogens is 196 g/mol. The van der Waals surface area contributed by atoms with Crippen LogP contribution in [0.3, 0.4) is 0 Å². The first-order valence-electron chi connectivity index (χ1n) is 4.24. The standard InChI is InChI=1S/C10H8N2O3/c13-15-10-9(4-2-6-12-10)14-8-3-1-5-11-7-8/h1-7,13H. The highest BCUT2D eigenvalue weighted by Gasteiger charge is 2.06. The molecule has 0 amide bonds. The molecule has 0 aliphatic heterocycles. The summed E-state index contributed by atoms with van der Waals surface area (Å²) in [6, 6.07) is 6.78. The molecule has 0 saturated heterocycles. The van der Waals surface area contributed by atoms with Crippen LogP contribution < -0.4 is 9.62 Å². The number of ether oxygens (including phenoxy) is 1. The predicted octanol–water partition coefficient (Wildman–Crippen LogP) is 2.12. The highest BCUT2D eigenvalue weighted by molar-refractivity contribution is 5.36. The normalized spacial score (nSPS) is 9.67. The second kappa shape index (κ2) is 4.39. The summed E-state index contributed by atoms with van der Waals surface area (Å²) >= 11 is 0. The lowest BCUT2D eigenvalue weighted by molar-refractivity contribution is -0.142. The second-order valence-electron chi connectivity index (χ2n) is 2.69. The minimum absolute atomic E-state index is 0.0151. The monoisotopic (exact) mass is 204 g/mol. The lowest BCUT2D eigenvalue weighted by Gasteiger charge is -2.06. The van der Waals surface area contributed by atoms with Crippen molar-refractivity contribution < 1.29 is 14.9 Å². The van der Waals surface area contributed by atoms with Gasteiger partial charge in [0.15, 0.2) is 5.75 Å². The van der Waals surface area contributed by atoms with Crippen LogP contribution in [-0.2, 0) is 0 Å². The van der Waals surface area contributed by atoms with Crippen LogP contribution in [0.1, 0.15) is 0 Å². The van der Waals surface area contributed by atoms with E-state index < -0.39 is 0 Å². The van der Waals surface area contributed by atoms with Gasteiger partial charge in [-0.25, -0.2) is 10.2 Å². The van der Waals surface area contributed by atoms with Crippen molar-refractivity contribution in [2.24, 2.45) is 0 Å². The van der Waals surface area contributed by atoms with Crippen molar-refractivity contribution in [1.82, 2.24) is 9.97 Å². The van der Waals surface area contributed by atoms with E-state index in [-0.39, 0.29) is 5.88 Å². The molecule has 2 heterocycles. The fraction of sp³-hybridized carbons (Fsp3) is 0. The maximum atomic E-state index is 8.54. The van der Waals surface area contributed by atoms with Crippen LogP contribution in [0.4, 0.5) is 0 Å². The fourth-order valence-electron chi connectivity index (χ4n) is 1.06. The molecule has 0 unspecified atom stereocenters. The number of nitrogens with zero attached hydrogens (tertiary/aromatic N) is 2. The van der Waals surface area contributed by atoms with Crippen LogP contribution in [-0.4, -0.2) is 15.2 Å². The molecule has 1 N–H and O–H groups in total. The highest BCUT2D eigenvalue weighted by atomic mass is 17.1. The van der Waals surface area contributed by atoms with Gasteiger partial charge in [0, 0.05) is 12.4 Å². The zero-order valence-corrected chi connectivity index (χ0v) is 7.70. The highest BCUT2D eigenvalue weighted by Crippen LogP contribution is 2.27. The quantitative estimate of drug-likeness (QED) is 0.612. The summed E-state index contributed by atoms with van der Waals surface area (Å²) in [5.74, 6) is 0.887. The number of rotatable bonds is 3. The maximum absolute atomic E-state index is 8.54. The summed E-state index contributed by atoms with van der Waals surface area (Å²) in [5, 5.41) is 8.54. The molecule has 5 nitrogen and oxygen atoms in total. The summed E-state index contributed by atoms with van der Waals surface area (Å²) < 4.78 is 5.39. The smallest absolute Gasteiger partial charge is 0.298 e. The van der Waals surface area contributed by atoms with Crippen LogP contribution >= 0.6 is 0 Å². The Morgan fingerprint density at radius 2 is 2.00 bits per heavy atom. The molecule has 0 aromatic carbocycles. The van der Waals surface area contributed by atoms with Gasteiger partial charge in [0.2, 0.25) is 0 Å². The average molecular weight is 204 g/mol. The summed E-state index contributed by atoms with van der Waals surface area (Å²) in [6.45, 7) is 0. The molecule has 0 bridgehead atoms. The second-order valence-corrected chi connectivity index (χ2v) is 2.69. The van der Waals surface area contributed by atoms with Gasteiger partial charge >= 0.3 is 0 Å². The molecule has 2 aromatic rings. The molecule has 0 aliphatic carbocycles. The molecule has 0 aliphatic rings. The summed E-state index contributed by atoms with van der Waals surface area (Å²) in [7, 11) is 0. The third kappa shape index (κ3) is 2.21. The van der Waals surface area contributed by atoms with Crippen LogP contribution in [0.5, 0.6) is 17.4 Å². The molecule has 0 fully saturated rings. The van der Waals surface area contributed by atoms with Crippen molar-refractivity contribution >= 4 is 0 Å². The molecule has 0 saturated carbocycles. The topological polar surface area (TPSA) is 64.5 Å². The van der Waals surface area contributed by atoms with Crippen molar-refractivity contribution in [3.05, 3.63) is 42.9 Å². The molecule has 0 radical (unpaired) electrons. The Kier molecular flexibility index (Phi) is 2.75. The van der Waals surface area contributed by atoms with Gasteiger partial charge in [0.25, 0.3) is 5.88 Å². The zero-order valence-electron chi connectivity index (χ0n) is 7.70. The van der Waals surface area contributed by atoms with E-state index in [0.717, 1.165) is 0 Å².